The quantitative estimate of drug-likeness (QED) is 0.866. The molecular weight excluding hydrogens is 246 g/mol. The molecule has 0 aromatic carbocycles. The van der Waals surface area contributed by atoms with Gasteiger partial charge in [0.25, 0.3) is 0 Å². The molecular formula is C13H21N3OS. The van der Waals surface area contributed by atoms with Gasteiger partial charge in [-0.3, -0.25) is 4.79 Å². The Balaban J connectivity index is 1.84. The molecule has 5 heteroatoms. The van der Waals surface area contributed by atoms with Gasteiger partial charge in [0, 0.05) is 11.4 Å². The van der Waals surface area contributed by atoms with Crippen LogP contribution >= 0.6 is 11.3 Å². The van der Waals surface area contributed by atoms with Crippen LogP contribution in [0, 0.1) is 5.92 Å². The topological polar surface area (TPSA) is 54.0 Å². The van der Waals surface area contributed by atoms with Gasteiger partial charge in [-0.1, -0.05) is 13.8 Å². The predicted octanol–water partition coefficient (Wildman–Crippen LogP) is 1.36. The monoisotopic (exact) mass is 267 g/mol. The Bertz CT molecular complexity index is 405. The molecule has 1 amide bonds. The fourth-order valence-electron chi connectivity index (χ4n) is 2.24. The number of thiazole rings is 1. The Morgan fingerprint density at radius 2 is 2.50 bits per heavy atom. The molecule has 2 atom stereocenters. The Morgan fingerprint density at radius 3 is 3.17 bits per heavy atom. The van der Waals surface area contributed by atoms with Crippen LogP contribution in [0.25, 0.3) is 0 Å². The first-order valence-corrected chi connectivity index (χ1v) is 7.50. The first-order valence-electron chi connectivity index (χ1n) is 6.62. The van der Waals surface area contributed by atoms with Crippen molar-refractivity contribution < 1.29 is 4.79 Å². The fourth-order valence-corrected chi connectivity index (χ4v) is 2.99. The minimum absolute atomic E-state index is 0.0988. The van der Waals surface area contributed by atoms with E-state index in [1.165, 1.54) is 0 Å². The van der Waals surface area contributed by atoms with E-state index < -0.39 is 0 Å². The van der Waals surface area contributed by atoms with Crippen LogP contribution in [-0.2, 0) is 17.6 Å². The zero-order valence-electron chi connectivity index (χ0n) is 11.0. The summed E-state index contributed by atoms with van der Waals surface area (Å²) in [6, 6.07) is 0.308. The summed E-state index contributed by atoms with van der Waals surface area (Å²) in [7, 11) is 0. The number of aromatic nitrogens is 1. The number of amides is 1. The van der Waals surface area contributed by atoms with Crippen LogP contribution in [0.15, 0.2) is 5.38 Å². The molecule has 18 heavy (non-hydrogen) atoms. The van der Waals surface area contributed by atoms with E-state index in [4.69, 9.17) is 0 Å². The highest BCUT2D eigenvalue weighted by Crippen LogP contribution is 2.13. The minimum Gasteiger partial charge on any atom is -0.353 e. The Labute approximate surface area is 112 Å². The summed E-state index contributed by atoms with van der Waals surface area (Å²) in [5.41, 5.74) is 0.899. The average molecular weight is 267 g/mol. The lowest BCUT2D eigenvalue weighted by atomic mass is 9.95. The van der Waals surface area contributed by atoms with E-state index in [1.54, 1.807) is 11.3 Å². The van der Waals surface area contributed by atoms with Gasteiger partial charge in [-0.05, 0) is 31.8 Å². The zero-order chi connectivity index (χ0) is 13.0. The molecule has 1 fully saturated rings. The van der Waals surface area contributed by atoms with Gasteiger partial charge in [0.05, 0.1) is 17.1 Å². The number of aryl methyl sites for hydroxylation is 1. The average Bonchev–Trinajstić information content (AvgIpc) is 2.80. The largest absolute Gasteiger partial charge is 0.353 e. The van der Waals surface area contributed by atoms with Crippen LogP contribution in [-0.4, -0.2) is 30.0 Å². The summed E-state index contributed by atoms with van der Waals surface area (Å²) in [4.78, 5) is 16.4. The lowest BCUT2D eigenvalue weighted by Gasteiger charge is -2.30. The van der Waals surface area contributed by atoms with Crippen molar-refractivity contribution in [2.45, 2.75) is 39.2 Å². The molecule has 1 saturated heterocycles. The maximum Gasteiger partial charge on any atom is 0.226 e. The van der Waals surface area contributed by atoms with Gasteiger partial charge in [0.2, 0.25) is 5.91 Å². The number of hydrogen-bond acceptors (Lipinski definition) is 4. The summed E-state index contributed by atoms with van der Waals surface area (Å²) < 4.78 is 0. The summed E-state index contributed by atoms with van der Waals surface area (Å²) in [5.74, 6) is 0.603. The second-order valence-electron chi connectivity index (χ2n) is 4.91. The third-order valence-corrected chi connectivity index (χ3v) is 4.42. The summed E-state index contributed by atoms with van der Waals surface area (Å²) >= 11 is 1.64. The van der Waals surface area contributed by atoms with E-state index in [9.17, 15) is 4.79 Å². The summed E-state index contributed by atoms with van der Waals surface area (Å²) in [5, 5.41) is 9.56. The number of rotatable bonds is 4. The van der Waals surface area contributed by atoms with Gasteiger partial charge >= 0.3 is 0 Å². The summed E-state index contributed by atoms with van der Waals surface area (Å²) in [6.07, 6.45) is 2.37. The van der Waals surface area contributed by atoms with Gasteiger partial charge in [-0.15, -0.1) is 11.3 Å². The number of piperidine rings is 1. The number of carbonyl (C=O) groups excluding carboxylic acids is 1. The van der Waals surface area contributed by atoms with Crippen LogP contribution in [0.3, 0.4) is 0 Å². The van der Waals surface area contributed by atoms with Crippen molar-refractivity contribution in [3.63, 3.8) is 0 Å². The first-order chi connectivity index (χ1) is 8.69. The normalized spacial score (nSPS) is 23.9. The van der Waals surface area contributed by atoms with E-state index in [0.717, 1.165) is 36.6 Å². The van der Waals surface area contributed by atoms with Crippen LogP contribution in [0.4, 0.5) is 0 Å². The molecule has 2 N–H and O–H groups in total. The number of nitrogens with one attached hydrogen (secondary N) is 2. The molecule has 1 aliphatic rings. The Hall–Kier alpha value is -0.940. The molecule has 0 radical (unpaired) electrons. The van der Waals surface area contributed by atoms with Crippen LogP contribution < -0.4 is 10.6 Å². The third-order valence-electron chi connectivity index (χ3n) is 3.38. The lowest BCUT2D eigenvalue weighted by Crippen LogP contribution is -2.48. The lowest BCUT2D eigenvalue weighted by molar-refractivity contribution is -0.121. The van der Waals surface area contributed by atoms with E-state index in [-0.39, 0.29) is 5.91 Å². The first kappa shape index (κ1) is 13.5. The predicted molar refractivity (Wildman–Crippen MR) is 73.8 cm³/mol. The molecule has 4 nitrogen and oxygen atoms in total. The maximum absolute atomic E-state index is 12.0. The second kappa shape index (κ2) is 6.29. The van der Waals surface area contributed by atoms with Gasteiger partial charge in [-0.2, -0.15) is 0 Å². The van der Waals surface area contributed by atoms with Gasteiger partial charge in [0.15, 0.2) is 0 Å². The zero-order valence-corrected chi connectivity index (χ0v) is 11.8. The molecule has 1 aromatic rings. The maximum atomic E-state index is 12.0. The van der Waals surface area contributed by atoms with Crippen LogP contribution in [0.2, 0.25) is 0 Å². The standard InChI is InChI=1S/C13H21N3OS/c1-3-13-15-10(8-18-13)6-12(17)16-11-4-5-14-7-9(11)2/h8-9,11,14H,3-7H2,1-2H3,(H,16,17). The fraction of sp³-hybridized carbons (Fsp3) is 0.692. The van der Waals surface area contributed by atoms with Crippen LogP contribution in [0.1, 0.15) is 31.0 Å². The Kier molecular flexibility index (Phi) is 4.72. The molecule has 1 aliphatic heterocycles. The van der Waals surface area contributed by atoms with Crippen molar-refractivity contribution in [1.82, 2.24) is 15.6 Å². The van der Waals surface area contributed by atoms with Crippen molar-refractivity contribution in [2.24, 2.45) is 5.92 Å². The van der Waals surface area contributed by atoms with E-state index >= 15 is 0 Å². The third kappa shape index (κ3) is 3.53. The van der Waals surface area contributed by atoms with E-state index in [1.807, 2.05) is 5.38 Å². The SMILES string of the molecule is CCc1nc(CC(=O)NC2CCNCC2C)cs1. The molecule has 0 saturated carbocycles. The molecule has 2 unspecified atom stereocenters. The highest BCUT2D eigenvalue weighted by molar-refractivity contribution is 7.09. The van der Waals surface area contributed by atoms with Crippen molar-refractivity contribution >= 4 is 17.2 Å². The van der Waals surface area contributed by atoms with Crippen molar-refractivity contribution in [3.05, 3.63) is 16.1 Å². The highest BCUT2D eigenvalue weighted by atomic mass is 32.1. The summed E-state index contributed by atoms with van der Waals surface area (Å²) in [6.45, 7) is 6.24. The molecule has 0 bridgehead atoms. The Morgan fingerprint density at radius 1 is 1.67 bits per heavy atom. The number of nitrogens with zero attached hydrogens (tertiary/aromatic N) is 1. The van der Waals surface area contributed by atoms with E-state index in [2.05, 4.69) is 29.5 Å². The highest BCUT2D eigenvalue weighted by Gasteiger charge is 2.22. The molecule has 2 heterocycles. The molecule has 0 spiro atoms. The molecule has 1 aromatic heterocycles. The number of hydrogen-bond donors (Lipinski definition) is 2. The molecule has 2 rings (SSSR count). The minimum atomic E-state index is 0.0988. The molecule has 0 aliphatic carbocycles. The van der Waals surface area contributed by atoms with Crippen molar-refractivity contribution in [3.8, 4) is 0 Å². The smallest absolute Gasteiger partial charge is 0.226 e. The van der Waals surface area contributed by atoms with Crippen molar-refractivity contribution in [1.29, 1.82) is 0 Å². The van der Waals surface area contributed by atoms with E-state index in [0.29, 0.717) is 18.4 Å². The van der Waals surface area contributed by atoms with Crippen LogP contribution in [0.5, 0.6) is 0 Å². The second-order valence-corrected chi connectivity index (χ2v) is 5.85. The van der Waals surface area contributed by atoms with Gasteiger partial charge in [0.1, 0.15) is 0 Å². The number of carbonyl (C=O) groups is 1. The van der Waals surface area contributed by atoms with Crippen molar-refractivity contribution in [2.75, 3.05) is 13.1 Å². The van der Waals surface area contributed by atoms with Gasteiger partial charge < -0.3 is 10.6 Å². The van der Waals surface area contributed by atoms with Gasteiger partial charge in [-0.25, -0.2) is 4.98 Å². The molecule has 100 valence electrons.